The number of nitriles is 1. The van der Waals surface area contributed by atoms with Crippen LogP contribution in [0, 0.1) is 11.3 Å². The molecule has 2 N–H and O–H groups in total. The molecule has 0 bridgehead atoms. The third-order valence-electron chi connectivity index (χ3n) is 0.969. The van der Waals surface area contributed by atoms with Gasteiger partial charge in [0.2, 0.25) is 0 Å². The van der Waals surface area contributed by atoms with Crippen LogP contribution in [0.15, 0.2) is 0 Å². The summed E-state index contributed by atoms with van der Waals surface area (Å²) in [6.45, 7) is 5.38. The van der Waals surface area contributed by atoms with Crippen LogP contribution < -0.4 is 9.44 Å². The number of rotatable bonds is 4. The molecule has 76 valence electrons. The third kappa shape index (κ3) is 7.71. The fraction of sp³-hybridized carbons (Fsp3) is 0.857. The van der Waals surface area contributed by atoms with E-state index in [2.05, 4.69) is 9.44 Å². The van der Waals surface area contributed by atoms with Gasteiger partial charge in [-0.25, -0.2) is 4.72 Å². The zero-order valence-corrected chi connectivity index (χ0v) is 8.90. The van der Waals surface area contributed by atoms with E-state index < -0.39 is 15.7 Å². The molecule has 0 rings (SSSR count). The summed E-state index contributed by atoms with van der Waals surface area (Å²) in [4.78, 5) is 0. The molecule has 0 atom stereocenters. The summed E-state index contributed by atoms with van der Waals surface area (Å²) < 4.78 is 27.0. The van der Waals surface area contributed by atoms with Gasteiger partial charge in [0.05, 0.1) is 6.07 Å². The van der Waals surface area contributed by atoms with Gasteiger partial charge < -0.3 is 0 Å². The monoisotopic (exact) mass is 205 g/mol. The molecule has 6 heteroatoms. The van der Waals surface area contributed by atoms with Crippen molar-refractivity contribution >= 4 is 10.2 Å². The standard InChI is InChI=1S/C7H15N3O2S/c1-7(2,3)10-13(11,12)9-6-4-5-8/h9-10H,4,6H2,1-3H3. The maximum absolute atomic E-state index is 11.2. The minimum atomic E-state index is -3.46. The first-order valence-corrected chi connectivity index (χ1v) is 5.41. The van der Waals surface area contributed by atoms with Gasteiger partial charge in [-0.2, -0.15) is 18.4 Å². The Labute approximate surface area is 79.3 Å². The first-order chi connectivity index (χ1) is 5.77. The quantitative estimate of drug-likeness (QED) is 0.640. The van der Waals surface area contributed by atoms with Crippen molar-refractivity contribution in [2.45, 2.75) is 32.7 Å². The molecule has 0 fully saturated rings. The maximum atomic E-state index is 11.2. The summed E-state index contributed by atoms with van der Waals surface area (Å²) in [5, 5.41) is 8.19. The Morgan fingerprint density at radius 2 is 1.92 bits per heavy atom. The minimum absolute atomic E-state index is 0.141. The van der Waals surface area contributed by atoms with Gasteiger partial charge in [-0.05, 0) is 20.8 Å². The first kappa shape index (κ1) is 12.4. The van der Waals surface area contributed by atoms with Gasteiger partial charge in [-0.15, -0.1) is 0 Å². The summed E-state index contributed by atoms with van der Waals surface area (Å²) >= 11 is 0. The van der Waals surface area contributed by atoms with Crippen LogP contribution in [0.4, 0.5) is 0 Å². The molecule has 0 radical (unpaired) electrons. The van der Waals surface area contributed by atoms with Crippen LogP contribution >= 0.6 is 0 Å². The Morgan fingerprint density at radius 1 is 1.38 bits per heavy atom. The second-order valence-corrected chi connectivity index (χ2v) is 5.16. The average Bonchev–Trinajstić information content (AvgIpc) is 1.81. The Kier molecular flexibility index (Phi) is 4.33. The lowest BCUT2D eigenvalue weighted by atomic mass is 10.1. The number of hydrogen-bond donors (Lipinski definition) is 2. The highest BCUT2D eigenvalue weighted by Crippen LogP contribution is 2.00. The SMILES string of the molecule is CC(C)(C)NS(=O)(=O)NCCC#N. The predicted octanol–water partition coefficient (Wildman–Crippen LogP) is 0.123. The van der Waals surface area contributed by atoms with Crippen LogP contribution in [-0.4, -0.2) is 20.5 Å². The summed E-state index contributed by atoms with van der Waals surface area (Å²) in [7, 11) is -3.46. The fourth-order valence-corrected chi connectivity index (χ4v) is 1.93. The predicted molar refractivity (Wildman–Crippen MR) is 50.0 cm³/mol. The molecule has 0 aliphatic rings. The normalized spacial score (nSPS) is 12.5. The molecule has 0 aliphatic heterocycles. The zero-order valence-electron chi connectivity index (χ0n) is 8.09. The molecule has 0 aliphatic carbocycles. The highest BCUT2D eigenvalue weighted by atomic mass is 32.2. The molecule has 13 heavy (non-hydrogen) atoms. The van der Waals surface area contributed by atoms with Crippen LogP contribution in [-0.2, 0) is 10.2 Å². The van der Waals surface area contributed by atoms with Gasteiger partial charge in [0, 0.05) is 18.5 Å². The van der Waals surface area contributed by atoms with Crippen molar-refractivity contribution in [2.24, 2.45) is 0 Å². The van der Waals surface area contributed by atoms with Gasteiger partial charge in [-0.3, -0.25) is 0 Å². The van der Waals surface area contributed by atoms with Gasteiger partial charge in [0.1, 0.15) is 0 Å². The minimum Gasteiger partial charge on any atom is -0.201 e. The molecular weight excluding hydrogens is 190 g/mol. The van der Waals surface area contributed by atoms with Crippen molar-refractivity contribution in [1.82, 2.24) is 9.44 Å². The van der Waals surface area contributed by atoms with Crippen LogP contribution in [0.5, 0.6) is 0 Å². The zero-order chi connectivity index (χ0) is 10.5. The topological polar surface area (TPSA) is 82.0 Å². The molecule has 0 saturated heterocycles. The van der Waals surface area contributed by atoms with E-state index in [4.69, 9.17) is 5.26 Å². The van der Waals surface area contributed by atoms with Gasteiger partial charge in [0.15, 0.2) is 0 Å². The molecule has 0 aromatic heterocycles. The highest BCUT2D eigenvalue weighted by molar-refractivity contribution is 7.87. The van der Waals surface area contributed by atoms with E-state index >= 15 is 0 Å². The van der Waals surface area contributed by atoms with E-state index in [-0.39, 0.29) is 13.0 Å². The van der Waals surface area contributed by atoms with Crippen molar-refractivity contribution in [3.63, 3.8) is 0 Å². The Morgan fingerprint density at radius 3 is 2.31 bits per heavy atom. The molecule has 0 aromatic rings. The van der Waals surface area contributed by atoms with E-state index in [1.165, 1.54) is 0 Å². The summed E-state index contributed by atoms with van der Waals surface area (Å²) in [5.41, 5.74) is -0.502. The Hall–Kier alpha value is -0.640. The Bertz CT molecular complexity index is 284. The molecule has 0 unspecified atom stereocenters. The molecule has 5 nitrogen and oxygen atoms in total. The largest absolute Gasteiger partial charge is 0.277 e. The van der Waals surface area contributed by atoms with E-state index in [1.54, 1.807) is 20.8 Å². The third-order valence-corrected chi connectivity index (χ3v) is 2.43. The molecule has 0 spiro atoms. The summed E-state index contributed by atoms with van der Waals surface area (Å²) in [6.07, 6.45) is 0.172. The second kappa shape index (κ2) is 4.56. The van der Waals surface area contributed by atoms with Crippen molar-refractivity contribution in [1.29, 1.82) is 5.26 Å². The fourth-order valence-electron chi connectivity index (χ4n) is 0.680. The van der Waals surface area contributed by atoms with Crippen molar-refractivity contribution in [3.8, 4) is 6.07 Å². The highest BCUT2D eigenvalue weighted by Gasteiger charge is 2.18. The molecule has 0 saturated carbocycles. The van der Waals surface area contributed by atoms with Crippen LogP contribution in [0.2, 0.25) is 0 Å². The molecule has 0 amide bonds. The van der Waals surface area contributed by atoms with E-state index in [9.17, 15) is 8.42 Å². The van der Waals surface area contributed by atoms with Crippen molar-refractivity contribution < 1.29 is 8.42 Å². The van der Waals surface area contributed by atoms with Crippen molar-refractivity contribution in [3.05, 3.63) is 0 Å². The number of nitrogens with zero attached hydrogens (tertiary/aromatic N) is 1. The maximum Gasteiger partial charge on any atom is 0.277 e. The number of hydrogen-bond acceptors (Lipinski definition) is 3. The van der Waals surface area contributed by atoms with Crippen LogP contribution in [0.25, 0.3) is 0 Å². The molecular formula is C7H15N3O2S. The second-order valence-electron chi connectivity index (χ2n) is 3.66. The van der Waals surface area contributed by atoms with Gasteiger partial charge in [-0.1, -0.05) is 0 Å². The van der Waals surface area contributed by atoms with Gasteiger partial charge >= 0.3 is 0 Å². The lowest BCUT2D eigenvalue weighted by Gasteiger charge is -2.20. The molecule has 0 heterocycles. The Balaban J connectivity index is 4.05. The molecule has 0 aromatic carbocycles. The lowest BCUT2D eigenvalue weighted by molar-refractivity contribution is 0.484. The van der Waals surface area contributed by atoms with E-state index in [0.717, 1.165) is 0 Å². The number of nitrogens with one attached hydrogen (secondary N) is 2. The summed E-state index contributed by atoms with van der Waals surface area (Å²) in [6, 6.07) is 1.85. The van der Waals surface area contributed by atoms with Gasteiger partial charge in [0.25, 0.3) is 10.2 Å². The van der Waals surface area contributed by atoms with Crippen molar-refractivity contribution in [2.75, 3.05) is 6.54 Å². The lowest BCUT2D eigenvalue weighted by Crippen LogP contribution is -2.47. The van der Waals surface area contributed by atoms with Crippen LogP contribution in [0.3, 0.4) is 0 Å². The van der Waals surface area contributed by atoms with E-state index in [1.807, 2.05) is 6.07 Å². The smallest absolute Gasteiger partial charge is 0.201 e. The average molecular weight is 205 g/mol. The summed E-state index contributed by atoms with van der Waals surface area (Å²) in [5.74, 6) is 0. The van der Waals surface area contributed by atoms with Crippen LogP contribution in [0.1, 0.15) is 27.2 Å². The first-order valence-electron chi connectivity index (χ1n) is 3.92. The van der Waals surface area contributed by atoms with E-state index in [0.29, 0.717) is 0 Å².